The summed E-state index contributed by atoms with van der Waals surface area (Å²) >= 11 is 5.95. The zero-order valence-corrected chi connectivity index (χ0v) is 19.0. The fraction of sp³-hybridized carbons (Fsp3) is 0.348. The molecule has 1 heterocycles. The predicted octanol–water partition coefficient (Wildman–Crippen LogP) is 3.73. The third-order valence-corrected chi connectivity index (χ3v) is 7.35. The summed E-state index contributed by atoms with van der Waals surface area (Å²) in [6.07, 6.45) is 4.69. The van der Waals surface area contributed by atoms with E-state index in [1.54, 1.807) is 19.1 Å². The summed E-state index contributed by atoms with van der Waals surface area (Å²) < 4.78 is 33.6. The van der Waals surface area contributed by atoms with Gasteiger partial charge in [0, 0.05) is 17.6 Å². The van der Waals surface area contributed by atoms with Gasteiger partial charge in [0.1, 0.15) is 6.04 Å². The van der Waals surface area contributed by atoms with Gasteiger partial charge in [-0.05, 0) is 56.1 Å². The molecule has 1 N–H and O–H groups in total. The molecule has 1 aliphatic rings. The molecule has 2 aromatic carbocycles. The lowest BCUT2D eigenvalue weighted by Gasteiger charge is -2.36. The van der Waals surface area contributed by atoms with Crippen LogP contribution in [0, 0.1) is 0 Å². The Morgan fingerprint density at radius 1 is 1.19 bits per heavy atom. The monoisotopic (exact) mass is 462 g/mol. The summed E-state index contributed by atoms with van der Waals surface area (Å²) in [5, 5.41) is 3.61. The van der Waals surface area contributed by atoms with E-state index >= 15 is 0 Å². The maximum absolute atomic E-state index is 13.5. The largest absolute Gasteiger partial charge is 0.465 e. The summed E-state index contributed by atoms with van der Waals surface area (Å²) in [7, 11) is -3.79. The van der Waals surface area contributed by atoms with Crippen molar-refractivity contribution in [1.29, 1.82) is 0 Å². The van der Waals surface area contributed by atoms with Gasteiger partial charge in [0.15, 0.2) is 0 Å². The predicted molar refractivity (Wildman–Crippen MR) is 122 cm³/mol. The van der Waals surface area contributed by atoms with Crippen molar-refractivity contribution in [1.82, 2.24) is 9.62 Å². The number of carbonyl (C=O) groups is 1. The maximum Gasteiger partial charge on any atom is 0.323 e. The van der Waals surface area contributed by atoms with Crippen molar-refractivity contribution in [3.8, 4) is 0 Å². The molecular formula is C23H27ClN2O4S. The first kappa shape index (κ1) is 23.5. The smallest absolute Gasteiger partial charge is 0.323 e. The van der Waals surface area contributed by atoms with Gasteiger partial charge in [0.25, 0.3) is 0 Å². The van der Waals surface area contributed by atoms with Crippen LogP contribution in [0.5, 0.6) is 0 Å². The molecule has 2 atom stereocenters. The van der Waals surface area contributed by atoms with Crippen LogP contribution in [0.3, 0.4) is 0 Å². The van der Waals surface area contributed by atoms with E-state index in [1.807, 2.05) is 42.5 Å². The minimum absolute atomic E-state index is 0.177. The molecule has 8 heteroatoms. The summed E-state index contributed by atoms with van der Waals surface area (Å²) in [6.45, 7) is 2.77. The van der Waals surface area contributed by atoms with Crippen LogP contribution < -0.4 is 5.32 Å². The Kier molecular flexibility index (Phi) is 8.26. The van der Waals surface area contributed by atoms with Crippen LogP contribution in [0.25, 0.3) is 6.08 Å². The molecule has 0 spiro atoms. The number of hydrogen-bond acceptors (Lipinski definition) is 5. The van der Waals surface area contributed by atoms with E-state index in [-0.39, 0.29) is 30.1 Å². The summed E-state index contributed by atoms with van der Waals surface area (Å²) in [5.41, 5.74) is 0.987. The SMILES string of the molecule is CCOC(=O)C1CC(N(C/C=C/c2ccccc2)S(=O)(=O)c2ccc(Cl)cc2)CCN1. The van der Waals surface area contributed by atoms with Crippen molar-refractivity contribution in [3.63, 3.8) is 0 Å². The standard InChI is InChI=1S/C23H27ClN2O4S/c1-2-30-23(27)22-17-20(14-15-25-22)26(16-6-9-18-7-4-3-5-8-18)31(28,29)21-12-10-19(24)11-13-21/h3-13,20,22,25H,2,14-17H2,1H3/b9-6+. The molecule has 0 saturated carbocycles. The van der Waals surface area contributed by atoms with E-state index in [2.05, 4.69) is 5.32 Å². The van der Waals surface area contributed by atoms with Gasteiger partial charge in [-0.1, -0.05) is 54.1 Å². The highest BCUT2D eigenvalue weighted by Gasteiger charge is 2.36. The second-order valence-corrected chi connectivity index (χ2v) is 9.61. The van der Waals surface area contributed by atoms with Gasteiger partial charge in [-0.15, -0.1) is 0 Å². The van der Waals surface area contributed by atoms with Crippen molar-refractivity contribution in [3.05, 3.63) is 71.3 Å². The number of benzene rings is 2. The summed E-state index contributed by atoms with van der Waals surface area (Å²) in [5.74, 6) is -0.351. The zero-order valence-electron chi connectivity index (χ0n) is 17.4. The van der Waals surface area contributed by atoms with Crippen LogP contribution in [0.4, 0.5) is 0 Å². The Hall–Kier alpha value is -2.19. The van der Waals surface area contributed by atoms with Gasteiger partial charge in [0.2, 0.25) is 10.0 Å². The lowest BCUT2D eigenvalue weighted by molar-refractivity contribution is -0.146. The quantitative estimate of drug-likeness (QED) is 0.605. The maximum atomic E-state index is 13.5. The van der Waals surface area contributed by atoms with Crippen molar-refractivity contribution >= 4 is 33.7 Å². The molecule has 0 aliphatic carbocycles. The molecule has 0 radical (unpaired) electrons. The Morgan fingerprint density at radius 2 is 1.90 bits per heavy atom. The van der Waals surface area contributed by atoms with Gasteiger partial charge in [-0.2, -0.15) is 4.31 Å². The van der Waals surface area contributed by atoms with E-state index in [0.717, 1.165) is 5.56 Å². The number of esters is 1. The average molecular weight is 463 g/mol. The van der Waals surface area contributed by atoms with E-state index in [0.29, 0.717) is 24.4 Å². The van der Waals surface area contributed by atoms with Crippen molar-refractivity contribution in [2.24, 2.45) is 0 Å². The highest BCUT2D eigenvalue weighted by molar-refractivity contribution is 7.89. The number of ether oxygens (including phenoxy) is 1. The number of rotatable bonds is 8. The molecular weight excluding hydrogens is 436 g/mol. The van der Waals surface area contributed by atoms with E-state index in [4.69, 9.17) is 16.3 Å². The molecule has 2 aromatic rings. The highest BCUT2D eigenvalue weighted by atomic mass is 35.5. The molecule has 6 nitrogen and oxygen atoms in total. The fourth-order valence-electron chi connectivity index (χ4n) is 3.62. The molecule has 166 valence electrons. The number of carbonyl (C=O) groups excluding carboxylic acids is 1. The van der Waals surface area contributed by atoms with Gasteiger partial charge in [0.05, 0.1) is 11.5 Å². The van der Waals surface area contributed by atoms with Crippen LogP contribution in [-0.2, 0) is 19.6 Å². The van der Waals surface area contributed by atoms with Crippen LogP contribution in [0.15, 0.2) is 65.6 Å². The molecule has 1 saturated heterocycles. The third-order valence-electron chi connectivity index (χ3n) is 5.17. The second kappa shape index (κ2) is 10.9. The normalized spacial score (nSPS) is 19.6. The molecule has 2 unspecified atom stereocenters. The van der Waals surface area contributed by atoms with Crippen molar-refractivity contribution < 1.29 is 17.9 Å². The second-order valence-electron chi connectivity index (χ2n) is 7.28. The van der Waals surface area contributed by atoms with Crippen molar-refractivity contribution in [2.75, 3.05) is 19.7 Å². The number of halogens is 1. The molecule has 1 fully saturated rings. The van der Waals surface area contributed by atoms with Crippen molar-refractivity contribution in [2.45, 2.75) is 36.7 Å². The van der Waals surface area contributed by atoms with Gasteiger partial charge in [-0.25, -0.2) is 8.42 Å². The van der Waals surface area contributed by atoms with Crippen LogP contribution in [0.2, 0.25) is 5.02 Å². The molecule has 0 aromatic heterocycles. The number of piperidine rings is 1. The Bertz CT molecular complexity index is 994. The highest BCUT2D eigenvalue weighted by Crippen LogP contribution is 2.26. The fourth-order valence-corrected chi connectivity index (χ4v) is 5.37. The number of hydrogen-bond donors (Lipinski definition) is 1. The average Bonchev–Trinajstić information content (AvgIpc) is 2.78. The lowest BCUT2D eigenvalue weighted by atomic mass is 9.99. The Labute approximate surface area is 188 Å². The topological polar surface area (TPSA) is 75.7 Å². The first-order valence-corrected chi connectivity index (χ1v) is 12.1. The number of nitrogens with zero attached hydrogens (tertiary/aromatic N) is 1. The Morgan fingerprint density at radius 3 is 2.58 bits per heavy atom. The van der Waals surface area contributed by atoms with E-state index < -0.39 is 16.1 Å². The first-order chi connectivity index (χ1) is 14.9. The summed E-state index contributed by atoms with van der Waals surface area (Å²) in [4.78, 5) is 12.4. The van der Waals surface area contributed by atoms with Gasteiger partial charge < -0.3 is 10.1 Å². The minimum atomic E-state index is -3.79. The molecule has 0 bridgehead atoms. The lowest BCUT2D eigenvalue weighted by Crippen LogP contribution is -2.52. The first-order valence-electron chi connectivity index (χ1n) is 10.3. The molecule has 1 aliphatic heterocycles. The van der Waals surface area contributed by atoms with Gasteiger partial charge in [-0.3, -0.25) is 4.79 Å². The number of nitrogens with one attached hydrogen (secondary N) is 1. The van der Waals surface area contributed by atoms with Crippen LogP contribution >= 0.6 is 11.6 Å². The zero-order chi connectivity index (χ0) is 22.3. The molecule has 31 heavy (non-hydrogen) atoms. The molecule has 3 rings (SSSR count). The van der Waals surface area contributed by atoms with E-state index in [1.165, 1.54) is 16.4 Å². The van der Waals surface area contributed by atoms with E-state index in [9.17, 15) is 13.2 Å². The summed E-state index contributed by atoms with van der Waals surface area (Å²) in [6, 6.07) is 15.0. The van der Waals surface area contributed by atoms with Crippen LogP contribution in [0.1, 0.15) is 25.3 Å². The Balaban J connectivity index is 1.87. The van der Waals surface area contributed by atoms with Gasteiger partial charge >= 0.3 is 5.97 Å². The third kappa shape index (κ3) is 6.17. The molecule has 0 amide bonds. The minimum Gasteiger partial charge on any atom is -0.465 e. The number of sulfonamides is 1. The van der Waals surface area contributed by atoms with Crippen LogP contribution in [-0.4, -0.2) is 50.5 Å².